The van der Waals surface area contributed by atoms with Gasteiger partial charge in [-0.25, -0.2) is 13.6 Å². The van der Waals surface area contributed by atoms with Crippen molar-refractivity contribution in [2.45, 2.75) is 6.43 Å². The number of carboxylic acid groups (broad SMARTS) is 1. The first-order chi connectivity index (χ1) is 14.8. The summed E-state index contributed by atoms with van der Waals surface area (Å²) in [7, 11) is 1.27. The predicted molar refractivity (Wildman–Crippen MR) is 110 cm³/mol. The first kappa shape index (κ1) is 20.8. The van der Waals surface area contributed by atoms with E-state index in [0.717, 1.165) is 4.90 Å². The van der Waals surface area contributed by atoms with Crippen LogP contribution < -0.4 is 4.90 Å². The van der Waals surface area contributed by atoms with Crippen molar-refractivity contribution in [3.8, 4) is 11.1 Å². The molecule has 1 aliphatic heterocycles. The van der Waals surface area contributed by atoms with Gasteiger partial charge in [-0.3, -0.25) is 9.69 Å². The minimum atomic E-state index is -2.81. The molecule has 0 aliphatic carbocycles. The number of benzene rings is 2. The number of halogens is 2. The minimum absolute atomic E-state index is 0.0481. The van der Waals surface area contributed by atoms with E-state index in [2.05, 4.69) is 0 Å². The molecule has 1 aromatic heterocycles. The molecule has 2 aromatic carbocycles. The quantitative estimate of drug-likeness (QED) is 0.653. The molecule has 0 radical (unpaired) electrons. The number of carbonyl (C=O) groups excluding carboxylic acids is 1. The molecule has 0 saturated carbocycles. The van der Waals surface area contributed by atoms with Gasteiger partial charge in [0.15, 0.2) is 0 Å². The molecule has 1 aliphatic rings. The van der Waals surface area contributed by atoms with Crippen LogP contribution in [0.25, 0.3) is 22.1 Å². The Kier molecular flexibility index (Phi) is 5.60. The number of rotatable bonds is 4. The maximum atomic E-state index is 13.7. The summed E-state index contributed by atoms with van der Waals surface area (Å²) in [5, 5.41) is 9.48. The second-order valence-corrected chi connectivity index (χ2v) is 7.19. The van der Waals surface area contributed by atoms with E-state index in [1.807, 2.05) is 0 Å². The van der Waals surface area contributed by atoms with Crippen molar-refractivity contribution in [2.75, 3.05) is 38.3 Å². The Labute approximate surface area is 176 Å². The van der Waals surface area contributed by atoms with Crippen molar-refractivity contribution in [3.05, 3.63) is 53.6 Å². The highest BCUT2D eigenvalue weighted by molar-refractivity contribution is 5.95. The summed E-state index contributed by atoms with van der Waals surface area (Å²) >= 11 is 0. The fourth-order valence-electron chi connectivity index (χ4n) is 3.51. The van der Waals surface area contributed by atoms with Crippen molar-refractivity contribution in [1.82, 2.24) is 4.90 Å². The highest BCUT2D eigenvalue weighted by Crippen LogP contribution is 2.37. The van der Waals surface area contributed by atoms with Gasteiger partial charge in [0.25, 0.3) is 12.3 Å². The third-order valence-electron chi connectivity index (χ3n) is 5.25. The van der Waals surface area contributed by atoms with Gasteiger partial charge >= 0.3 is 6.09 Å². The second kappa shape index (κ2) is 8.35. The molecule has 9 heteroatoms. The van der Waals surface area contributed by atoms with Gasteiger partial charge in [-0.15, -0.1) is 0 Å². The summed E-state index contributed by atoms with van der Waals surface area (Å²) in [5.41, 5.74) is 1.29. The van der Waals surface area contributed by atoms with E-state index in [-0.39, 0.29) is 22.9 Å². The van der Waals surface area contributed by atoms with Crippen LogP contribution in [-0.4, -0.2) is 55.4 Å². The number of anilines is 1. The SMILES string of the molecule is CN(C(=O)O)c1cc2cc(-c3ccc(C(=O)N4CCOCC4)cc3)cc(C(F)F)c2o1. The van der Waals surface area contributed by atoms with E-state index in [1.54, 1.807) is 35.2 Å². The molecule has 1 N–H and O–H groups in total. The highest BCUT2D eigenvalue weighted by Gasteiger charge is 2.22. The first-order valence-electron chi connectivity index (χ1n) is 9.65. The third kappa shape index (κ3) is 4.09. The summed E-state index contributed by atoms with van der Waals surface area (Å²) in [6, 6.07) is 11.1. The molecule has 3 aromatic rings. The minimum Gasteiger partial charge on any atom is -0.465 e. The molecule has 0 spiro atoms. The van der Waals surface area contributed by atoms with Crippen molar-refractivity contribution < 1.29 is 32.6 Å². The van der Waals surface area contributed by atoms with Gasteiger partial charge in [-0.2, -0.15) is 0 Å². The number of ether oxygens (including phenoxy) is 1. The molecule has 0 unspecified atom stereocenters. The number of carbonyl (C=O) groups is 2. The summed E-state index contributed by atoms with van der Waals surface area (Å²) in [5.74, 6) is -0.150. The Morgan fingerprint density at radius 1 is 1.06 bits per heavy atom. The molecule has 4 rings (SSSR count). The Morgan fingerprint density at radius 2 is 1.74 bits per heavy atom. The average molecular weight is 430 g/mol. The molecule has 2 heterocycles. The zero-order valence-electron chi connectivity index (χ0n) is 16.7. The number of fused-ring (bicyclic) bond motifs is 1. The molecule has 0 atom stereocenters. The Hall–Kier alpha value is -3.46. The summed E-state index contributed by atoms with van der Waals surface area (Å²) < 4.78 is 38.0. The van der Waals surface area contributed by atoms with Crippen LogP contribution >= 0.6 is 0 Å². The third-order valence-corrected chi connectivity index (χ3v) is 5.25. The maximum Gasteiger partial charge on any atom is 0.413 e. The standard InChI is InChI=1S/C22H20F2N2O5/c1-25(22(28)29)18-12-16-10-15(11-17(20(23)24)19(16)31-18)13-2-4-14(5-3-13)21(27)26-6-8-30-9-7-26/h2-5,10-12,20H,6-9H2,1H3,(H,28,29). The van der Waals surface area contributed by atoms with Gasteiger partial charge in [0.1, 0.15) is 5.58 Å². The van der Waals surface area contributed by atoms with E-state index in [9.17, 15) is 18.4 Å². The van der Waals surface area contributed by atoms with E-state index in [0.29, 0.717) is 48.4 Å². The molecule has 0 bridgehead atoms. The summed E-state index contributed by atoms with van der Waals surface area (Å²) in [6.07, 6.45) is -4.07. The van der Waals surface area contributed by atoms with Crippen LogP contribution in [-0.2, 0) is 4.74 Å². The second-order valence-electron chi connectivity index (χ2n) is 7.19. The zero-order chi connectivity index (χ0) is 22.1. The molecular weight excluding hydrogens is 410 g/mol. The molecule has 2 amide bonds. The molecule has 162 valence electrons. The van der Waals surface area contributed by atoms with Crippen molar-refractivity contribution in [1.29, 1.82) is 0 Å². The van der Waals surface area contributed by atoms with Crippen LogP contribution in [0.3, 0.4) is 0 Å². The Balaban J connectivity index is 1.68. The van der Waals surface area contributed by atoms with Gasteiger partial charge in [0, 0.05) is 37.2 Å². The number of alkyl halides is 2. The molecule has 31 heavy (non-hydrogen) atoms. The predicted octanol–water partition coefficient (Wildman–Crippen LogP) is 4.62. The lowest BCUT2D eigenvalue weighted by Crippen LogP contribution is -2.40. The van der Waals surface area contributed by atoms with Crippen LogP contribution in [0.1, 0.15) is 22.3 Å². The lowest BCUT2D eigenvalue weighted by molar-refractivity contribution is 0.0303. The number of furan rings is 1. The fourth-order valence-corrected chi connectivity index (χ4v) is 3.51. The highest BCUT2D eigenvalue weighted by atomic mass is 19.3. The van der Waals surface area contributed by atoms with Gasteiger partial charge in [0.2, 0.25) is 5.88 Å². The number of hydrogen-bond donors (Lipinski definition) is 1. The van der Waals surface area contributed by atoms with Gasteiger partial charge in [-0.05, 0) is 35.4 Å². The largest absolute Gasteiger partial charge is 0.465 e. The number of amides is 2. The number of nitrogens with zero attached hydrogens (tertiary/aromatic N) is 2. The van der Waals surface area contributed by atoms with Gasteiger partial charge < -0.3 is 19.2 Å². The Morgan fingerprint density at radius 3 is 2.35 bits per heavy atom. The van der Waals surface area contributed by atoms with E-state index in [1.165, 1.54) is 19.2 Å². The number of hydrogen-bond acceptors (Lipinski definition) is 4. The van der Waals surface area contributed by atoms with Gasteiger partial charge in [0.05, 0.1) is 18.8 Å². The normalized spacial score (nSPS) is 14.3. The molecule has 7 nitrogen and oxygen atoms in total. The van der Waals surface area contributed by atoms with Crippen molar-refractivity contribution >= 4 is 28.9 Å². The van der Waals surface area contributed by atoms with E-state index >= 15 is 0 Å². The van der Waals surface area contributed by atoms with Crippen LogP contribution in [0.4, 0.5) is 19.5 Å². The molecular formula is C22H20F2N2O5. The topological polar surface area (TPSA) is 83.2 Å². The van der Waals surface area contributed by atoms with Crippen molar-refractivity contribution in [3.63, 3.8) is 0 Å². The summed E-state index contributed by atoms with van der Waals surface area (Å²) in [6.45, 7) is 2.07. The molecule has 1 saturated heterocycles. The molecule has 1 fully saturated rings. The number of morpholine rings is 1. The zero-order valence-corrected chi connectivity index (χ0v) is 16.7. The maximum absolute atomic E-state index is 13.7. The van der Waals surface area contributed by atoms with Crippen LogP contribution in [0.5, 0.6) is 0 Å². The van der Waals surface area contributed by atoms with Crippen LogP contribution in [0.2, 0.25) is 0 Å². The lowest BCUT2D eigenvalue weighted by Gasteiger charge is -2.26. The van der Waals surface area contributed by atoms with Crippen LogP contribution in [0.15, 0.2) is 46.9 Å². The monoisotopic (exact) mass is 430 g/mol. The summed E-state index contributed by atoms with van der Waals surface area (Å²) in [4.78, 5) is 26.3. The van der Waals surface area contributed by atoms with Crippen molar-refractivity contribution in [2.24, 2.45) is 0 Å². The Bertz CT molecular complexity index is 1120. The fraction of sp³-hybridized carbons (Fsp3) is 0.273. The lowest BCUT2D eigenvalue weighted by atomic mass is 9.99. The first-order valence-corrected chi connectivity index (χ1v) is 9.65. The van der Waals surface area contributed by atoms with E-state index < -0.39 is 12.5 Å². The average Bonchev–Trinajstić information content (AvgIpc) is 3.22. The van der Waals surface area contributed by atoms with E-state index in [4.69, 9.17) is 14.3 Å². The van der Waals surface area contributed by atoms with Crippen LogP contribution in [0, 0.1) is 0 Å². The smallest absolute Gasteiger partial charge is 0.413 e. The van der Waals surface area contributed by atoms with Gasteiger partial charge in [-0.1, -0.05) is 12.1 Å².